The van der Waals surface area contributed by atoms with Crippen LogP contribution in [-0.4, -0.2) is 13.7 Å². The molecule has 0 spiro atoms. The Labute approximate surface area is 85.6 Å². The highest BCUT2D eigenvalue weighted by Crippen LogP contribution is 2.16. The van der Waals surface area contributed by atoms with Crippen molar-refractivity contribution in [2.45, 2.75) is 13.0 Å². The largest absolute Gasteiger partial charge is 0.490 e. The van der Waals surface area contributed by atoms with Gasteiger partial charge in [-0.3, -0.25) is 0 Å². The van der Waals surface area contributed by atoms with Gasteiger partial charge in [0.1, 0.15) is 12.4 Å². The molecule has 0 aliphatic heterocycles. The molecule has 0 amide bonds. The van der Waals surface area contributed by atoms with Gasteiger partial charge in [0.15, 0.2) is 0 Å². The predicted molar refractivity (Wildman–Crippen MR) is 59.6 cm³/mol. The molecule has 1 rings (SSSR count). The van der Waals surface area contributed by atoms with E-state index in [0.29, 0.717) is 12.6 Å². The lowest BCUT2D eigenvalue weighted by Gasteiger charge is -2.11. The zero-order valence-corrected chi connectivity index (χ0v) is 8.79. The van der Waals surface area contributed by atoms with Crippen molar-refractivity contribution in [3.8, 4) is 5.75 Å². The molecule has 0 aliphatic carbocycles. The number of hydrogen-bond acceptors (Lipinski definition) is 2. The van der Waals surface area contributed by atoms with Crippen LogP contribution in [0.15, 0.2) is 36.9 Å². The molecule has 1 N–H and O–H groups in total. The Balaban J connectivity index is 2.63. The first kappa shape index (κ1) is 10.8. The summed E-state index contributed by atoms with van der Waals surface area (Å²) < 4.78 is 5.39. The van der Waals surface area contributed by atoms with E-state index in [0.717, 1.165) is 5.75 Å². The molecule has 1 atom stereocenters. The molecule has 2 heteroatoms. The van der Waals surface area contributed by atoms with E-state index >= 15 is 0 Å². The lowest BCUT2D eigenvalue weighted by Crippen LogP contribution is -2.11. The minimum Gasteiger partial charge on any atom is -0.490 e. The van der Waals surface area contributed by atoms with Crippen LogP contribution in [0, 0.1) is 0 Å². The van der Waals surface area contributed by atoms with Crippen LogP contribution >= 0.6 is 0 Å². The maximum atomic E-state index is 5.39. The van der Waals surface area contributed by atoms with Crippen LogP contribution in [0.4, 0.5) is 0 Å². The normalized spacial score (nSPS) is 12.1. The molecule has 0 saturated heterocycles. The second-order valence-electron chi connectivity index (χ2n) is 3.18. The quantitative estimate of drug-likeness (QED) is 0.722. The van der Waals surface area contributed by atoms with Gasteiger partial charge in [-0.2, -0.15) is 0 Å². The minimum atomic E-state index is 0.378. The number of hydrogen-bond donors (Lipinski definition) is 1. The fourth-order valence-corrected chi connectivity index (χ4v) is 1.17. The van der Waals surface area contributed by atoms with Crippen molar-refractivity contribution in [1.29, 1.82) is 0 Å². The van der Waals surface area contributed by atoms with Crippen LogP contribution in [0.2, 0.25) is 0 Å². The molecular weight excluding hydrogens is 174 g/mol. The summed E-state index contributed by atoms with van der Waals surface area (Å²) >= 11 is 0. The van der Waals surface area contributed by atoms with E-state index in [1.165, 1.54) is 5.56 Å². The van der Waals surface area contributed by atoms with Crippen LogP contribution in [0.25, 0.3) is 0 Å². The molecule has 76 valence electrons. The Kier molecular flexibility index (Phi) is 4.20. The first-order valence-corrected chi connectivity index (χ1v) is 4.79. The zero-order valence-electron chi connectivity index (χ0n) is 8.79. The SMILES string of the molecule is C=CCOc1ccc([C@@H](C)NC)cc1. The van der Waals surface area contributed by atoms with Crippen molar-refractivity contribution >= 4 is 0 Å². The molecule has 0 unspecified atom stereocenters. The summed E-state index contributed by atoms with van der Waals surface area (Å²) in [6.45, 7) is 6.28. The van der Waals surface area contributed by atoms with Crippen LogP contribution < -0.4 is 10.1 Å². The van der Waals surface area contributed by atoms with E-state index in [1.807, 2.05) is 19.2 Å². The van der Waals surface area contributed by atoms with Crippen LogP contribution in [0.1, 0.15) is 18.5 Å². The maximum Gasteiger partial charge on any atom is 0.119 e. The Morgan fingerprint density at radius 2 is 2.07 bits per heavy atom. The van der Waals surface area contributed by atoms with Crippen molar-refractivity contribution in [2.75, 3.05) is 13.7 Å². The highest BCUT2D eigenvalue weighted by molar-refractivity contribution is 5.28. The fraction of sp³-hybridized carbons (Fsp3) is 0.333. The fourth-order valence-electron chi connectivity index (χ4n) is 1.17. The summed E-state index contributed by atoms with van der Waals surface area (Å²) in [6, 6.07) is 8.47. The maximum absolute atomic E-state index is 5.39. The number of benzene rings is 1. The summed E-state index contributed by atoms with van der Waals surface area (Å²) in [5, 5.41) is 3.19. The highest BCUT2D eigenvalue weighted by Gasteiger charge is 2.01. The predicted octanol–water partition coefficient (Wildman–Crippen LogP) is 2.53. The molecule has 1 aromatic carbocycles. The molecule has 0 saturated carbocycles. The molecule has 0 bridgehead atoms. The van der Waals surface area contributed by atoms with Crippen LogP contribution in [0.3, 0.4) is 0 Å². The van der Waals surface area contributed by atoms with Gasteiger partial charge in [0.05, 0.1) is 0 Å². The third kappa shape index (κ3) is 2.89. The Bertz CT molecular complexity index is 279. The van der Waals surface area contributed by atoms with E-state index in [4.69, 9.17) is 4.74 Å². The van der Waals surface area contributed by atoms with Gasteiger partial charge < -0.3 is 10.1 Å². The summed E-state index contributed by atoms with van der Waals surface area (Å²) in [5.41, 5.74) is 1.26. The first-order valence-electron chi connectivity index (χ1n) is 4.79. The standard InChI is InChI=1S/C12H17NO/c1-4-9-14-12-7-5-11(6-8-12)10(2)13-3/h4-8,10,13H,1,9H2,2-3H3/t10-/m1/s1. The Hall–Kier alpha value is -1.28. The number of rotatable bonds is 5. The van der Waals surface area contributed by atoms with Gasteiger partial charge in [-0.05, 0) is 31.7 Å². The molecule has 1 aromatic rings. The van der Waals surface area contributed by atoms with E-state index in [2.05, 4.69) is 31.0 Å². The Morgan fingerprint density at radius 3 is 2.57 bits per heavy atom. The lowest BCUT2D eigenvalue weighted by atomic mass is 10.1. The van der Waals surface area contributed by atoms with Gasteiger partial charge in [0, 0.05) is 6.04 Å². The summed E-state index contributed by atoms with van der Waals surface area (Å²) in [5.74, 6) is 0.886. The van der Waals surface area contributed by atoms with Crippen molar-refractivity contribution in [2.24, 2.45) is 0 Å². The summed E-state index contributed by atoms with van der Waals surface area (Å²) in [7, 11) is 1.95. The molecular formula is C12H17NO. The van der Waals surface area contributed by atoms with Gasteiger partial charge in [-0.25, -0.2) is 0 Å². The second kappa shape index (κ2) is 5.45. The van der Waals surface area contributed by atoms with E-state index in [1.54, 1.807) is 6.08 Å². The number of ether oxygens (including phenoxy) is 1. The van der Waals surface area contributed by atoms with Crippen molar-refractivity contribution in [3.05, 3.63) is 42.5 Å². The van der Waals surface area contributed by atoms with E-state index in [9.17, 15) is 0 Å². The Morgan fingerprint density at radius 1 is 1.43 bits per heavy atom. The topological polar surface area (TPSA) is 21.3 Å². The third-order valence-electron chi connectivity index (χ3n) is 2.18. The average Bonchev–Trinajstić information content (AvgIpc) is 2.26. The van der Waals surface area contributed by atoms with Crippen molar-refractivity contribution in [3.63, 3.8) is 0 Å². The summed E-state index contributed by atoms with van der Waals surface area (Å²) in [4.78, 5) is 0. The second-order valence-corrected chi connectivity index (χ2v) is 3.18. The monoisotopic (exact) mass is 191 g/mol. The smallest absolute Gasteiger partial charge is 0.119 e. The minimum absolute atomic E-state index is 0.378. The van der Waals surface area contributed by atoms with E-state index < -0.39 is 0 Å². The van der Waals surface area contributed by atoms with Gasteiger partial charge >= 0.3 is 0 Å². The summed E-state index contributed by atoms with van der Waals surface area (Å²) in [6.07, 6.45) is 1.74. The van der Waals surface area contributed by atoms with Gasteiger partial charge in [-0.15, -0.1) is 0 Å². The molecule has 0 radical (unpaired) electrons. The first-order chi connectivity index (χ1) is 6.77. The molecule has 0 aromatic heterocycles. The highest BCUT2D eigenvalue weighted by atomic mass is 16.5. The number of nitrogens with one attached hydrogen (secondary N) is 1. The molecule has 14 heavy (non-hydrogen) atoms. The van der Waals surface area contributed by atoms with E-state index in [-0.39, 0.29) is 0 Å². The zero-order chi connectivity index (χ0) is 10.4. The third-order valence-corrected chi connectivity index (χ3v) is 2.18. The molecule has 2 nitrogen and oxygen atoms in total. The van der Waals surface area contributed by atoms with Crippen LogP contribution in [-0.2, 0) is 0 Å². The van der Waals surface area contributed by atoms with Gasteiger partial charge in [0.2, 0.25) is 0 Å². The van der Waals surface area contributed by atoms with Gasteiger partial charge in [0.25, 0.3) is 0 Å². The van der Waals surface area contributed by atoms with Crippen LogP contribution in [0.5, 0.6) is 5.75 Å². The lowest BCUT2D eigenvalue weighted by molar-refractivity contribution is 0.363. The molecule has 0 aliphatic rings. The molecule has 0 fully saturated rings. The van der Waals surface area contributed by atoms with Crippen molar-refractivity contribution in [1.82, 2.24) is 5.32 Å². The average molecular weight is 191 g/mol. The van der Waals surface area contributed by atoms with Crippen molar-refractivity contribution < 1.29 is 4.74 Å². The van der Waals surface area contributed by atoms with Gasteiger partial charge in [-0.1, -0.05) is 24.8 Å². The molecule has 0 heterocycles.